The Kier molecular flexibility index (Phi) is 58.9. The van der Waals surface area contributed by atoms with Crippen LogP contribution in [0, 0.1) is 0 Å². The van der Waals surface area contributed by atoms with Crippen molar-refractivity contribution in [3.05, 3.63) is 0 Å². The molecule has 0 aliphatic heterocycles. The van der Waals surface area contributed by atoms with Crippen molar-refractivity contribution in [2.45, 2.75) is 0 Å². The van der Waals surface area contributed by atoms with E-state index in [1.807, 2.05) is 0 Å². The molecule has 0 saturated heterocycles. The van der Waals surface area contributed by atoms with Gasteiger partial charge in [0.15, 0.2) is 0 Å². The Morgan fingerprint density at radius 3 is 0.700 bits per heavy atom. The van der Waals surface area contributed by atoms with Crippen LogP contribution in [0.3, 0.4) is 0 Å². The molecule has 20 heavy (non-hydrogen) atoms. The molecule has 20 heteroatoms. The summed E-state index contributed by atoms with van der Waals surface area (Å²) in [6.45, 7) is 0. The fourth-order valence-corrected chi connectivity index (χ4v) is 1.10. The molecule has 1 N–H and O–H groups in total. The molecule has 0 aromatic carbocycles. The van der Waals surface area contributed by atoms with E-state index in [1.54, 1.807) is 0 Å². The minimum Gasteiger partial charge on any atom is -0.790 e. The zero-order chi connectivity index (χ0) is 12.2. The predicted molar refractivity (Wildman–Crippen MR) is 26.1 cm³/mol. The van der Waals surface area contributed by atoms with Crippen molar-refractivity contribution in [1.82, 2.24) is 0 Å². The van der Waals surface area contributed by atoms with Gasteiger partial charge in [-0.2, -0.15) is 0 Å². The fraction of sp³-hybridized carbons (Fsp3) is 0. The maximum atomic E-state index is 9.32. The van der Waals surface area contributed by atoms with E-state index in [2.05, 4.69) is 4.31 Å². The molecule has 0 aromatic rings. The maximum absolute atomic E-state index is 9.32. The molecule has 0 bridgehead atoms. The monoisotopic (exact) mass is 408 g/mol. The van der Waals surface area contributed by atoms with Gasteiger partial charge in [0, 0.05) is 0 Å². The molecule has 0 rings (SSSR count). The van der Waals surface area contributed by atoms with Crippen molar-refractivity contribution in [1.29, 1.82) is 0 Å². The first-order valence-electron chi connectivity index (χ1n) is 2.21. The van der Waals surface area contributed by atoms with Crippen LogP contribution in [0.15, 0.2) is 0 Å². The Morgan fingerprint density at radius 2 is 0.700 bits per heavy atom. The zero-order valence-corrected chi connectivity index (χ0v) is 26.6. The SMILES string of the molecule is O=P([O-])([O-])O.O=P([O-])([O-])OP(=O)([O-])[O-].[Na+].[Na+].[Na+].[Na+].[Na+].[Na+]. The molecular weight excluding hydrogens is 407 g/mol. The Hall–Kier alpha value is 6.37. The van der Waals surface area contributed by atoms with Crippen LogP contribution in [-0.2, 0) is 18.0 Å². The number of hydrogen-bond donors (Lipinski definition) is 1. The van der Waals surface area contributed by atoms with Crippen molar-refractivity contribution in [2.75, 3.05) is 0 Å². The smallest absolute Gasteiger partial charge is 0.790 e. The number of rotatable bonds is 2. The predicted octanol–water partition coefficient (Wildman–Crippen LogP) is -23.5. The van der Waals surface area contributed by atoms with Crippen molar-refractivity contribution < 1.29 is 230 Å². The summed E-state index contributed by atoms with van der Waals surface area (Å²) in [6.07, 6.45) is 0. The van der Waals surface area contributed by atoms with Crippen LogP contribution < -0.4 is 207 Å². The van der Waals surface area contributed by atoms with E-state index in [1.165, 1.54) is 0 Å². The largest absolute Gasteiger partial charge is 1.00 e. The number of hydrogen-bond acceptors (Lipinski definition) is 10. The molecule has 0 aliphatic carbocycles. The van der Waals surface area contributed by atoms with Crippen LogP contribution in [0.5, 0.6) is 0 Å². The van der Waals surface area contributed by atoms with Crippen molar-refractivity contribution in [3.63, 3.8) is 0 Å². The van der Waals surface area contributed by atoms with Crippen molar-refractivity contribution >= 4 is 23.5 Å². The van der Waals surface area contributed by atoms with Gasteiger partial charge in [-0.25, -0.2) is 0 Å². The Bertz CT molecular complexity index is 271. The summed E-state index contributed by atoms with van der Waals surface area (Å²) < 4.78 is 29.8. The summed E-state index contributed by atoms with van der Waals surface area (Å²) in [6, 6.07) is 0. The second-order valence-electron chi connectivity index (χ2n) is 1.44. The standard InChI is InChI=1S/6Na.H4O7P2.H3O4P/c;;;;;;1-8(2,3)7-9(4,5)6;1-5(2,3)4/h;;;;;;(H2,1,2,3)(H2,4,5,6);(H3,1,2,3,4)/q6*+1;;/p-6. The van der Waals surface area contributed by atoms with Gasteiger partial charge in [0.05, 0.1) is 23.5 Å². The molecule has 88 valence electrons. The van der Waals surface area contributed by atoms with Gasteiger partial charge in [-0.1, -0.05) is 0 Å². The Morgan fingerprint density at radius 1 is 0.600 bits per heavy atom. The molecule has 0 aliphatic rings. The van der Waals surface area contributed by atoms with E-state index in [4.69, 9.17) is 19.2 Å². The average Bonchev–Trinajstić information content (AvgIpc) is 1.42. The van der Waals surface area contributed by atoms with Crippen molar-refractivity contribution in [2.24, 2.45) is 0 Å². The molecule has 0 saturated carbocycles. The summed E-state index contributed by atoms with van der Waals surface area (Å²) in [5.41, 5.74) is 0. The summed E-state index contributed by atoms with van der Waals surface area (Å²) in [7, 11) is -16.5. The van der Waals surface area contributed by atoms with Crippen LogP contribution in [-0.4, -0.2) is 4.89 Å². The van der Waals surface area contributed by atoms with Gasteiger partial charge in [0.2, 0.25) is 0 Å². The minimum absolute atomic E-state index is 0. The van der Waals surface area contributed by atoms with Crippen LogP contribution in [0.25, 0.3) is 0 Å². The van der Waals surface area contributed by atoms with E-state index >= 15 is 0 Å². The molecular formula is HNa6O11P3. The average molecular weight is 408 g/mol. The van der Waals surface area contributed by atoms with Crippen LogP contribution in [0.2, 0.25) is 0 Å². The second-order valence-corrected chi connectivity index (χ2v) is 4.82. The van der Waals surface area contributed by atoms with Crippen LogP contribution in [0.4, 0.5) is 0 Å². The Balaban J connectivity index is -0.0000000199. The summed E-state index contributed by atoms with van der Waals surface area (Å²) in [4.78, 5) is 61.6. The summed E-state index contributed by atoms with van der Waals surface area (Å²) >= 11 is 0. The van der Waals surface area contributed by atoms with Crippen LogP contribution in [0.1, 0.15) is 0 Å². The third kappa shape index (κ3) is 87.0. The topological polar surface area (TPSA) is 219 Å². The quantitative estimate of drug-likeness (QED) is 0.334. The molecule has 0 spiro atoms. The third-order valence-corrected chi connectivity index (χ3v) is 1.80. The summed E-state index contributed by atoms with van der Waals surface area (Å²) in [5.74, 6) is 0. The summed E-state index contributed by atoms with van der Waals surface area (Å²) in [5, 5.41) is 0. The minimum atomic E-state index is -5.68. The van der Waals surface area contributed by atoms with E-state index in [0.29, 0.717) is 0 Å². The second kappa shape index (κ2) is 23.4. The van der Waals surface area contributed by atoms with E-state index < -0.39 is 23.5 Å². The van der Waals surface area contributed by atoms with Gasteiger partial charge in [-0.15, -0.1) is 0 Å². The first-order valence-corrected chi connectivity index (χ1v) is 6.62. The maximum Gasteiger partial charge on any atom is 1.00 e. The molecule has 0 radical (unpaired) electrons. The number of phosphoric acid groups is 3. The van der Waals surface area contributed by atoms with E-state index in [-0.39, 0.29) is 177 Å². The first-order chi connectivity index (χ1) is 5.71. The molecule has 0 heterocycles. The molecule has 0 aromatic heterocycles. The van der Waals surface area contributed by atoms with Gasteiger partial charge < -0.3 is 52.3 Å². The third-order valence-electron chi connectivity index (χ3n) is 0.200. The molecule has 0 atom stereocenters. The van der Waals surface area contributed by atoms with Gasteiger partial charge in [0.25, 0.3) is 0 Å². The first kappa shape index (κ1) is 50.3. The zero-order valence-electron chi connectivity index (χ0n) is 11.9. The molecule has 0 unspecified atom stereocenters. The normalized spacial score (nSPS) is 9.15. The van der Waals surface area contributed by atoms with Gasteiger partial charge in [0.1, 0.15) is 0 Å². The molecule has 0 fully saturated rings. The van der Waals surface area contributed by atoms with Crippen molar-refractivity contribution in [3.8, 4) is 0 Å². The van der Waals surface area contributed by atoms with Gasteiger partial charge in [-0.3, -0.25) is 0 Å². The fourth-order valence-electron chi connectivity index (χ4n) is 0.122. The molecule has 11 nitrogen and oxygen atoms in total. The Labute approximate surface area is 247 Å². The van der Waals surface area contributed by atoms with Gasteiger partial charge in [-0.05, 0) is 0 Å². The molecule has 0 amide bonds. The van der Waals surface area contributed by atoms with E-state index in [0.717, 1.165) is 0 Å². The van der Waals surface area contributed by atoms with Gasteiger partial charge >= 0.3 is 177 Å². The van der Waals surface area contributed by atoms with Crippen LogP contribution >= 0.6 is 23.5 Å². The van der Waals surface area contributed by atoms with E-state index in [9.17, 15) is 28.7 Å².